The molecule has 23 heavy (non-hydrogen) atoms. The summed E-state index contributed by atoms with van der Waals surface area (Å²) >= 11 is 0. The molecule has 0 spiro atoms. The number of nitrogens with two attached hydrogens (primary N) is 2. The fourth-order valence-electron chi connectivity index (χ4n) is 2.88. The molecule has 0 bridgehead atoms. The van der Waals surface area contributed by atoms with E-state index in [4.69, 9.17) is 25.7 Å². The van der Waals surface area contributed by atoms with Gasteiger partial charge in [-0.1, -0.05) is 6.92 Å². The Morgan fingerprint density at radius 2 is 1.52 bits per heavy atom. The Bertz CT molecular complexity index is 385. The lowest BCUT2D eigenvalue weighted by molar-refractivity contribution is -0.319. The van der Waals surface area contributed by atoms with Crippen LogP contribution in [0.3, 0.4) is 0 Å². The molecular formula is C13H26N2O8. The average molecular weight is 338 g/mol. The average Bonchev–Trinajstić information content (AvgIpc) is 2.55. The summed E-state index contributed by atoms with van der Waals surface area (Å²) in [6, 6.07) is -2.07. The zero-order valence-corrected chi connectivity index (χ0v) is 12.8. The van der Waals surface area contributed by atoms with Crippen LogP contribution in [0.1, 0.15) is 6.92 Å². The minimum Gasteiger partial charge on any atom is -0.394 e. The summed E-state index contributed by atoms with van der Waals surface area (Å²) in [5.41, 5.74) is 11.5. The Hall–Kier alpha value is -0.400. The Morgan fingerprint density at radius 3 is 2.09 bits per heavy atom. The van der Waals surface area contributed by atoms with Crippen LogP contribution in [0.2, 0.25) is 0 Å². The molecule has 10 nitrogen and oxygen atoms in total. The predicted octanol–water partition coefficient (Wildman–Crippen LogP) is -4.19. The van der Waals surface area contributed by atoms with E-state index < -0.39 is 67.7 Å². The van der Waals surface area contributed by atoms with Crippen LogP contribution < -0.4 is 11.5 Å². The minimum absolute atomic E-state index is 0.337. The topological polar surface area (TPSA) is 181 Å². The SMILES string of the molecule is C[C@H]1C(CO)O[C@@H](O[C@@H]2C(CO)OC(O)[C@H](N)[C@@H]2O)[C@@H](N)C1O. The first kappa shape index (κ1) is 18.9. The monoisotopic (exact) mass is 338 g/mol. The Morgan fingerprint density at radius 1 is 0.913 bits per heavy atom. The minimum atomic E-state index is -1.45. The first-order valence-corrected chi connectivity index (χ1v) is 7.55. The maximum Gasteiger partial charge on any atom is 0.176 e. The number of ether oxygens (including phenoxy) is 3. The summed E-state index contributed by atoms with van der Waals surface area (Å²) < 4.78 is 16.2. The number of rotatable bonds is 4. The lowest BCUT2D eigenvalue weighted by Crippen LogP contribution is -2.66. The van der Waals surface area contributed by atoms with Crippen molar-refractivity contribution in [1.82, 2.24) is 0 Å². The van der Waals surface area contributed by atoms with Crippen molar-refractivity contribution in [2.24, 2.45) is 17.4 Å². The van der Waals surface area contributed by atoms with Crippen molar-refractivity contribution in [1.29, 1.82) is 0 Å². The molecular weight excluding hydrogens is 312 g/mol. The molecule has 10 atom stereocenters. The van der Waals surface area contributed by atoms with Crippen molar-refractivity contribution in [3.05, 3.63) is 0 Å². The van der Waals surface area contributed by atoms with E-state index in [1.165, 1.54) is 0 Å². The molecule has 2 aliphatic heterocycles. The highest BCUT2D eigenvalue weighted by Gasteiger charge is 2.48. The van der Waals surface area contributed by atoms with Crippen LogP contribution in [0.4, 0.5) is 0 Å². The lowest BCUT2D eigenvalue weighted by atomic mass is 9.89. The summed E-state index contributed by atoms with van der Waals surface area (Å²) in [7, 11) is 0. The summed E-state index contributed by atoms with van der Waals surface area (Å²) in [5.74, 6) is -0.403. The maximum absolute atomic E-state index is 10.2. The third-order valence-electron chi connectivity index (χ3n) is 4.53. The van der Waals surface area contributed by atoms with Gasteiger partial charge >= 0.3 is 0 Å². The van der Waals surface area contributed by atoms with Crippen molar-refractivity contribution in [2.45, 2.75) is 62.1 Å². The molecule has 136 valence electrons. The molecule has 0 aromatic carbocycles. The van der Waals surface area contributed by atoms with Gasteiger partial charge in [-0.05, 0) is 0 Å². The van der Waals surface area contributed by atoms with Crippen LogP contribution in [0.25, 0.3) is 0 Å². The van der Waals surface area contributed by atoms with E-state index >= 15 is 0 Å². The van der Waals surface area contributed by atoms with Crippen LogP contribution in [-0.4, -0.2) is 93.9 Å². The molecule has 0 aliphatic carbocycles. The van der Waals surface area contributed by atoms with Gasteiger partial charge < -0.3 is 51.2 Å². The summed E-state index contributed by atoms with van der Waals surface area (Å²) in [4.78, 5) is 0. The number of aliphatic hydroxyl groups is 5. The number of aliphatic hydroxyl groups excluding tert-OH is 5. The van der Waals surface area contributed by atoms with Gasteiger partial charge in [0.05, 0.1) is 37.5 Å². The molecule has 9 N–H and O–H groups in total. The van der Waals surface area contributed by atoms with Crippen LogP contribution >= 0.6 is 0 Å². The quantitative estimate of drug-likeness (QED) is 0.265. The number of hydrogen-bond acceptors (Lipinski definition) is 10. The highest BCUT2D eigenvalue weighted by Crippen LogP contribution is 2.29. The van der Waals surface area contributed by atoms with Crippen LogP contribution in [0, 0.1) is 5.92 Å². The van der Waals surface area contributed by atoms with Crippen molar-refractivity contribution in [2.75, 3.05) is 13.2 Å². The molecule has 2 rings (SSSR count). The van der Waals surface area contributed by atoms with Crippen molar-refractivity contribution in [3.8, 4) is 0 Å². The smallest absolute Gasteiger partial charge is 0.176 e. The zero-order chi connectivity index (χ0) is 17.3. The first-order chi connectivity index (χ1) is 10.8. The van der Waals surface area contributed by atoms with Crippen LogP contribution in [-0.2, 0) is 14.2 Å². The van der Waals surface area contributed by atoms with Crippen molar-refractivity contribution in [3.63, 3.8) is 0 Å². The van der Waals surface area contributed by atoms with E-state index in [9.17, 15) is 25.5 Å². The summed E-state index contributed by atoms with van der Waals surface area (Å²) in [6.45, 7) is 0.815. The van der Waals surface area contributed by atoms with Gasteiger partial charge in [0, 0.05) is 5.92 Å². The van der Waals surface area contributed by atoms with Gasteiger partial charge in [-0.2, -0.15) is 0 Å². The van der Waals surface area contributed by atoms with Gasteiger partial charge in [0.2, 0.25) is 0 Å². The standard InChI is InChI=1S/C13H26N2O8/c1-4-5(2-16)22-13(8(15)9(4)18)23-11-6(3-17)21-12(20)7(14)10(11)19/h4-13,16-20H,2-3,14-15H2,1H3/t4-,5?,6?,7+,8-,9?,10-,11+,12?,13-/m0/s1. The second-order valence-electron chi connectivity index (χ2n) is 6.07. The molecule has 4 unspecified atom stereocenters. The fourth-order valence-corrected chi connectivity index (χ4v) is 2.88. The fraction of sp³-hybridized carbons (Fsp3) is 1.00. The van der Waals surface area contributed by atoms with Gasteiger partial charge in [0.15, 0.2) is 12.6 Å². The van der Waals surface area contributed by atoms with Gasteiger partial charge in [0.1, 0.15) is 18.3 Å². The predicted molar refractivity (Wildman–Crippen MR) is 75.7 cm³/mol. The molecule has 2 fully saturated rings. The second kappa shape index (κ2) is 7.66. The van der Waals surface area contributed by atoms with Crippen LogP contribution in [0.15, 0.2) is 0 Å². The third kappa shape index (κ3) is 3.66. The molecule has 2 aliphatic rings. The van der Waals surface area contributed by atoms with Crippen molar-refractivity contribution < 1.29 is 39.7 Å². The summed E-state index contributed by atoms with van der Waals surface area (Å²) in [6.07, 6.45) is -7.76. The highest BCUT2D eigenvalue weighted by atomic mass is 16.7. The third-order valence-corrected chi connectivity index (χ3v) is 4.53. The molecule has 0 aromatic rings. The van der Waals surface area contributed by atoms with E-state index in [2.05, 4.69) is 0 Å². The highest BCUT2D eigenvalue weighted by molar-refractivity contribution is 4.95. The molecule has 0 aromatic heterocycles. The normalized spacial score (nSPS) is 51.7. The Kier molecular flexibility index (Phi) is 6.30. The first-order valence-electron chi connectivity index (χ1n) is 7.55. The second-order valence-corrected chi connectivity index (χ2v) is 6.07. The molecule has 10 heteroatoms. The van der Waals surface area contributed by atoms with Crippen molar-refractivity contribution >= 4 is 0 Å². The van der Waals surface area contributed by atoms with Gasteiger partial charge in [-0.15, -0.1) is 0 Å². The summed E-state index contributed by atoms with van der Waals surface area (Å²) in [5, 5.41) is 48.5. The van der Waals surface area contributed by atoms with E-state index in [0.717, 1.165) is 0 Å². The maximum atomic E-state index is 10.2. The molecule has 0 radical (unpaired) electrons. The van der Waals surface area contributed by atoms with E-state index in [1.54, 1.807) is 6.92 Å². The lowest BCUT2D eigenvalue weighted by Gasteiger charge is -2.46. The van der Waals surface area contributed by atoms with E-state index in [-0.39, 0.29) is 6.61 Å². The van der Waals surface area contributed by atoms with E-state index in [1.807, 2.05) is 0 Å². The van der Waals surface area contributed by atoms with Gasteiger partial charge in [-0.3, -0.25) is 0 Å². The van der Waals surface area contributed by atoms with E-state index in [0.29, 0.717) is 0 Å². The Labute approximate surface area is 133 Å². The zero-order valence-electron chi connectivity index (χ0n) is 12.8. The largest absolute Gasteiger partial charge is 0.394 e. The molecule has 2 saturated heterocycles. The molecule has 0 amide bonds. The molecule has 0 saturated carbocycles. The Balaban J connectivity index is 2.11. The van der Waals surface area contributed by atoms with Gasteiger partial charge in [0.25, 0.3) is 0 Å². The van der Waals surface area contributed by atoms with Gasteiger partial charge in [-0.25, -0.2) is 0 Å². The van der Waals surface area contributed by atoms with Crippen LogP contribution in [0.5, 0.6) is 0 Å². The molecule has 2 heterocycles. The number of hydrogen-bond donors (Lipinski definition) is 7.